The number of ether oxygens (including phenoxy) is 1. The van der Waals surface area contributed by atoms with Crippen LogP contribution in [0.15, 0.2) is 24.3 Å². The average Bonchev–Trinajstić information content (AvgIpc) is 3.31. The molecule has 1 aromatic carbocycles. The van der Waals surface area contributed by atoms with Crippen LogP contribution < -0.4 is 10.1 Å². The van der Waals surface area contributed by atoms with Gasteiger partial charge in [-0.2, -0.15) is 0 Å². The largest absolute Gasteiger partial charge is 0.494 e. The fourth-order valence-corrected chi connectivity index (χ4v) is 2.63. The van der Waals surface area contributed by atoms with Gasteiger partial charge in [0.25, 0.3) is 0 Å². The second kappa shape index (κ2) is 6.94. The normalized spacial score (nSPS) is 17.1. The SMILES string of the molecule is CCOc1ccccc1CCC(=O)NC(C)(CO)C1CC1. The summed E-state index contributed by atoms with van der Waals surface area (Å²) in [6.45, 7) is 4.49. The summed E-state index contributed by atoms with van der Waals surface area (Å²) in [6.07, 6.45) is 3.23. The van der Waals surface area contributed by atoms with Crippen molar-refractivity contribution in [3.8, 4) is 5.75 Å². The van der Waals surface area contributed by atoms with E-state index in [-0.39, 0.29) is 12.5 Å². The van der Waals surface area contributed by atoms with Crippen LogP contribution in [-0.2, 0) is 11.2 Å². The molecule has 0 saturated heterocycles. The standard InChI is InChI=1S/C17H25NO3/c1-3-21-15-7-5-4-6-13(15)8-11-16(20)18-17(2,12-19)14-9-10-14/h4-7,14,19H,3,8-12H2,1-2H3,(H,18,20). The Labute approximate surface area is 126 Å². The first-order chi connectivity index (χ1) is 10.1. The second-order valence-electron chi connectivity index (χ2n) is 5.94. The van der Waals surface area contributed by atoms with E-state index in [9.17, 15) is 9.90 Å². The van der Waals surface area contributed by atoms with Crippen molar-refractivity contribution in [3.05, 3.63) is 29.8 Å². The first-order valence-electron chi connectivity index (χ1n) is 7.71. The second-order valence-corrected chi connectivity index (χ2v) is 5.94. The molecule has 1 aromatic rings. The molecular formula is C17H25NO3. The number of carbonyl (C=O) groups excluding carboxylic acids is 1. The number of para-hydroxylation sites is 1. The number of aliphatic hydroxyl groups is 1. The summed E-state index contributed by atoms with van der Waals surface area (Å²) in [6, 6.07) is 7.81. The smallest absolute Gasteiger partial charge is 0.220 e. The van der Waals surface area contributed by atoms with E-state index < -0.39 is 5.54 Å². The fraction of sp³-hybridized carbons (Fsp3) is 0.588. The van der Waals surface area contributed by atoms with E-state index in [1.165, 1.54) is 0 Å². The van der Waals surface area contributed by atoms with Gasteiger partial charge in [0.15, 0.2) is 0 Å². The number of aryl methyl sites for hydroxylation is 1. The maximum atomic E-state index is 12.1. The molecule has 4 heteroatoms. The molecule has 116 valence electrons. The summed E-state index contributed by atoms with van der Waals surface area (Å²) in [5.74, 6) is 1.26. The lowest BCUT2D eigenvalue weighted by Crippen LogP contribution is -2.50. The number of hydrogen-bond donors (Lipinski definition) is 2. The van der Waals surface area contributed by atoms with E-state index >= 15 is 0 Å². The maximum Gasteiger partial charge on any atom is 0.220 e. The van der Waals surface area contributed by atoms with Gasteiger partial charge in [-0.25, -0.2) is 0 Å². The summed E-state index contributed by atoms with van der Waals surface area (Å²) >= 11 is 0. The van der Waals surface area contributed by atoms with Gasteiger partial charge in [-0.05, 0) is 50.7 Å². The van der Waals surface area contributed by atoms with Gasteiger partial charge in [-0.3, -0.25) is 4.79 Å². The fourth-order valence-electron chi connectivity index (χ4n) is 2.63. The monoisotopic (exact) mass is 291 g/mol. The minimum atomic E-state index is -0.462. The Kier molecular flexibility index (Phi) is 5.23. The summed E-state index contributed by atoms with van der Waals surface area (Å²) in [5, 5.41) is 12.5. The first kappa shape index (κ1) is 15.8. The average molecular weight is 291 g/mol. The van der Waals surface area contributed by atoms with Gasteiger partial charge in [0.1, 0.15) is 5.75 Å². The maximum absolute atomic E-state index is 12.1. The van der Waals surface area contributed by atoms with Crippen LogP contribution in [0.1, 0.15) is 38.7 Å². The van der Waals surface area contributed by atoms with Crippen LogP contribution in [0.3, 0.4) is 0 Å². The topological polar surface area (TPSA) is 58.6 Å². The summed E-state index contributed by atoms with van der Waals surface area (Å²) in [4.78, 5) is 12.1. The zero-order chi connectivity index (χ0) is 15.3. The molecule has 0 heterocycles. The van der Waals surface area contributed by atoms with Crippen LogP contribution in [0.4, 0.5) is 0 Å². The van der Waals surface area contributed by atoms with E-state index in [2.05, 4.69) is 5.32 Å². The summed E-state index contributed by atoms with van der Waals surface area (Å²) in [7, 11) is 0. The first-order valence-corrected chi connectivity index (χ1v) is 7.71. The lowest BCUT2D eigenvalue weighted by Gasteiger charge is -2.28. The predicted molar refractivity (Wildman–Crippen MR) is 82.3 cm³/mol. The van der Waals surface area contributed by atoms with Crippen LogP contribution in [0, 0.1) is 5.92 Å². The van der Waals surface area contributed by atoms with Gasteiger partial charge in [0.2, 0.25) is 5.91 Å². The van der Waals surface area contributed by atoms with Crippen LogP contribution in [0.2, 0.25) is 0 Å². The van der Waals surface area contributed by atoms with Gasteiger partial charge in [0, 0.05) is 6.42 Å². The highest BCUT2D eigenvalue weighted by atomic mass is 16.5. The number of benzene rings is 1. The van der Waals surface area contributed by atoms with Crippen molar-refractivity contribution in [2.45, 2.75) is 45.1 Å². The Balaban J connectivity index is 1.89. The zero-order valence-corrected chi connectivity index (χ0v) is 12.9. The molecule has 1 saturated carbocycles. The highest BCUT2D eigenvalue weighted by molar-refractivity contribution is 5.77. The van der Waals surface area contributed by atoms with Gasteiger partial charge < -0.3 is 15.2 Å². The lowest BCUT2D eigenvalue weighted by molar-refractivity contribution is -0.123. The van der Waals surface area contributed by atoms with Crippen molar-refractivity contribution in [3.63, 3.8) is 0 Å². The molecule has 21 heavy (non-hydrogen) atoms. The molecule has 1 atom stereocenters. The van der Waals surface area contributed by atoms with Crippen LogP contribution in [0.25, 0.3) is 0 Å². The highest BCUT2D eigenvalue weighted by Gasteiger charge is 2.41. The molecule has 2 rings (SSSR count). The molecule has 0 aromatic heterocycles. The molecule has 0 spiro atoms. The predicted octanol–water partition coefficient (Wildman–Crippen LogP) is 2.30. The number of carbonyl (C=O) groups is 1. The minimum Gasteiger partial charge on any atom is -0.494 e. The number of rotatable bonds is 8. The van der Waals surface area contributed by atoms with Crippen LogP contribution >= 0.6 is 0 Å². The number of hydrogen-bond acceptors (Lipinski definition) is 3. The number of amides is 1. The van der Waals surface area contributed by atoms with Crippen molar-refractivity contribution >= 4 is 5.91 Å². The van der Waals surface area contributed by atoms with Crippen LogP contribution in [0.5, 0.6) is 5.75 Å². The Morgan fingerprint density at radius 2 is 2.14 bits per heavy atom. The molecule has 1 amide bonds. The molecule has 1 fully saturated rings. The number of aliphatic hydroxyl groups excluding tert-OH is 1. The minimum absolute atomic E-state index is 0.00105. The molecule has 0 radical (unpaired) electrons. The van der Waals surface area contributed by atoms with Gasteiger partial charge in [0.05, 0.1) is 18.8 Å². The van der Waals surface area contributed by atoms with E-state index in [1.54, 1.807) is 0 Å². The Morgan fingerprint density at radius 3 is 2.76 bits per heavy atom. The Bertz CT molecular complexity index is 485. The van der Waals surface area contributed by atoms with Gasteiger partial charge >= 0.3 is 0 Å². The Morgan fingerprint density at radius 1 is 1.43 bits per heavy atom. The molecule has 1 unspecified atom stereocenters. The van der Waals surface area contributed by atoms with E-state index in [0.717, 1.165) is 24.2 Å². The third-order valence-electron chi connectivity index (χ3n) is 4.13. The molecule has 4 nitrogen and oxygen atoms in total. The molecule has 1 aliphatic rings. The third-order valence-corrected chi connectivity index (χ3v) is 4.13. The molecular weight excluding hydrogens is 266 g/mol. The van der Waals surface area contributed by atoms with E-state index in [4.69, 9.17) is 4.74 Å². The molecule has 0 bridgehead atoms. The van der Waals surface area contributed by atoms with Crippen molar-refractivity contribution in [2.24, 2.45) is 5.92 Å². The quantitative estimate of drug-likeness (QED) is 0.772. The van der Waals surface area contributed by atoms with E-state index in [0.29, 0.717) is 25.4 Å². The molecule has 0 aliphatic heterocycles. The summed E-state index contributed by atoms with van der Waals surface area (Å²) in [5.41, 5.74) is 0.586. The lowest BCUT2D eigenvalue weighted by atomic mass is 9.96. The summed E-state index contributed by atoms with van der Waals surface area (Å²) < 4.78 is 5.57. The Hall–Kier alpha value is -1.55. The van der Waals surface area contributed by atoms with Crippen molar-refractivity contribution < 1.29 is 14.6 Å². The van der Waals surface area contributed by atoms with Gasteiger partial charge in [-0.15, -0.1) is 0 Å². The number of nitrogens with one attached hydrogen (secondary N) is 1. The third kappa shape index (κ3) is 4.21. The van der Waals surface area contributed by atoms with Crippen LogP contribution in [-0.4, -0.2) is 29.8 Å². The highest BCUT2D eigenvalue weighted by Crippen LogP contribution is 2.39. The van der Waals surface area contributed by atoms with Crippen molar-refractivity contribution in [1.82, 2.24) is 5.32 Å². The van der Waals surface area contributed by atoms with Crippen molar-refractivity contribution in [2.75, 3.05) is 13.2 Å². The van der Waals surface area contributed by atoms with Gasteiger partial charge in [-0.1, -0.05) is 18.2 Å². The van der Waals surface area contributed by atoms with Crippen molar-refractivity contribution in [1.29, 1.82) is 0 Å². The molecule has 2 N–H and O–H groups in total. The zero-order valence-electron chi connectivity index (χ0n) is 12.9. The molecule has 1 aliphatic carbocycles. The van der Waals surface area contributed by atoms with E-state index in [1.807, 2.05) is 38.1 Å².